The standard InChI is InChI=1S/C22H19ClF2N4O3/c1-13-10-15(5-6-16(13)23)28(9-3-8-26)19(30)12-29-20(31)22(2,27-21(29)32)14-4-7-17(24)18(25)11-14/h4-7,10-11H,3,9,12H2,1-2H3,(H,27,32). The van der Waals surface area contributed by atoms with Crippen molar-refractivity contribution in [2.45, 2.75) is 25.8 Å². The Hall–Kier alpha value is -3.51. The van der Waals surface area contributed by atoms with Crippen LogP contribution in [0.5, 0.6) is 0 Å². The molecule has 166 valence electrons. The first-order valence-corrected chi connectivity index (χ1v) is 9.99. The second-order valence-electron chi connectivity index (χ2n) is 7.46. The summed E-state index contributed by atoms with van der Waals surface area (Å²) in [7, 11) is 0. The predicted octanol–water partition coefficient (Wildman–Crippen LogP) is 3.64. The summed E-state index contributed by atoms with van der Waals surface area (Å²) >= 11 is 6.04. The van der Waals surface area contributed by atoms with Crippen molar-refractivity contribution in [3.63, 3.8) is 0 Å². The van der Waals surface area contributed by atoms with Crippen LogP contribution in [0.1, 0.15) is 24.5 Å². The number of hydrogen-bond donors (Lipinski definition) is 1. The molecule has 0 bridgehead atoms. The Bertz CT molecular complexity index is 1150. The highest BCUT2D eigenvalue weighted by molar-refractivity contribution is 6.31. The molecule has 1 unspecified atom stereocenters. The van der Waals surface area contributed by atoms with Crippen molar-refractivity contribution in [1.29, 1.82) is 5.26 Å². The molecule has 1 aliphatic rings. The molecule has 3 rings (SSSR count). The number of nitrogens with zero attached hydrogens (tertiary/aromatic N) is 3. The van der Waals surface area contributed by atoms with E-state index in [0.717, 1.165) is 12.1 Å². The highest BCUT2D eigenvalue weighted by Crippen LogP contribution is 2.30. The monoisotopic (exact) mass is 460 g/mol. The Morgan fingerprint density at radius 3 is 2.56 bits per heavy atom. The maximum atomic E-state index is 13.7. The van der Waals surface area contributed by atoms with Gasteiger partial charge < -0.3 is 10.2 Å². The number of imide groups is 1. The Balaban J connectivity index is 1.86. The molecule has 0 saturated carbocycles. The van der Waals surface area contributed by atoms with Gasteiger partial charge in [0, 0.05) is 17.3 Å². The zero-order valence-electron chi connectivity index (χ0n) is 17.3. The lowest BCUT2D eigenvalue weighted by Crippen LogP contribution is -2.45. The summed E-state index contributed by atoms with van der Waals surface area (Å²) in [5.41, 5.74) is -0.456. The van der Waals surface area contributed by atoms with Crippen LogP contribution in [0.2, 0.25) is 5.02 Å². The van der Waals surface area contributed by atoms with Gasteiger partial charge in [-0.3, -0.25) is 14.5 Å². The van der Waals surface area contributed by atoms with E-state index >= 15 is 0 Å². The third kappa shape index (κ3) is 4.27. The van der Waals surface area contributed by atoms with E-state index < -0.39 is 41.6 Å². The number of hydrogen-bond acceptors (Lipinski definition) is 4. The Morgan fingerprint density at radius 2 is 1.94 bits per heavy atom. The molecule has 1 saturated heterocycles. The lowest BCUT2D eigenvalue weighted by atomic mass is 9.92. The van der Waals surface area contributed by atoms with E-state index in [9.17, 15) is 23.2 Å². The summed E-state index contributed by atoms with van der Waals surface area (Å²) < 4.78 is 27.0. The predicted molar refractivity (Wildman–Crippen MR) is 113 cm³/mol. The first-order valence-electron chi connectivity index (χ1n) is 9.61. The van der Waals surface area contributed by atoms with Gasteiger partial charge in [-0.05, 0) is 55.3 Å². The van der Waals surface area contributed by atoms with Crippen LogP contribution in [-0.2, 0) is 15.1 Å². The second-order valence-corrected chi connectivity index (χ2v) is 7.87. The Labute approximate surface area is 188 Å². The summed E-state index contributed by atoms with van der Waals surface area (Å²) in [5.74, 6) is -3.64. The number of carbonyl (C=O) groups is 3. The quantitative estimate of drug-likeness (QED) is 0.666. The van der Waals surface area contributed by atoms with Crippen LogP contribution in [0.4, 0.5) is 19.3 Å². The minimum absolute atomic E-state index is 0.0279. The van der Waals surface area contributed by atoms with Gasteiger partial charge in [0.05, 0.1) is 12.5 Å². The number of nitriles is 1. The fourth-order valence-corrected chi connectivity index (χ4v) is 3.54. The highest BCUT2D eigenvalue weighted by Gasteiger charge is 2.50. The molecule has 1 N–H and O–H groups in total. The van der Waals surface area contributed by atoms with E-state index in [1.54, 1.807) is 25.1 Å². The van der Waals surface area contributed by atoms with Gasteiger partial charge in [0.15, 0.2) is 11.6 Å². The van der Waals surface area contributed by atoms with E-state index in [0.29, 0.717) is 21.2 Å². The van der Waals surface area contributed by atoms with Gasteiger partial charge in [-0.15, -0.1) is 0 Å². The molecule has 0 spiro atoms. The maximum absolute atomic E-state index is 13.7. The van der Waals surface area contributed by atoms with Crippen LogP contribution in [0, 0.1) is 29.9 Å². The number of amides is 4. The number of halogens is 3. The van der Waals surface area contributed by atoms with Crippen molar-refractivity contribution in [3.05, 3.63) is 64.2 Å². The van der Waals surface area contributed by atoms with Crippen molar-refractivity contribution >= 4 is 35.1 Å². The van der Waals surface area contributed by atoms with Gasteiger partial charge in [0.25, 0.3) is 5.91 Å². The molecule has 1 atom stereocenters. The number of anilines is 1. The first kappa shape index (κ1) is 23.2. The van der Waals surface area contributed by atoms with Gasteiger partial charge in [-0.1, -0.05) is 17.7 Å². The van der Waals surface area contributed by atoms with Crippen molar-refractivity contribution in [1.82, 2.24) is 10.2 Å². The van der Waals surface area contributed by atoms with Crippen LogP contribution >= 0.6 is 11.6 Å². The fourth-order valence-electron chi connectivity index (χ4n) is 3.42. The molecule has 4 amide bonds. The third-order valence-corrected chi connectivity index (χ3v) is 5.69. The SMILES string of the molecule is Cc1cc(N(CCC#N)C(=O)CN2C(=O)NC(C)(c3ccc(F)c(F)c3)C2=O)ccc1Cl. The summed E-state index contributed by atoms with van der Waals surface area (Å²) in [4.78, 5) is 40.6. The number of aryl methyl sites for hydroxylation is 1. The van der Waals surface area contributed by atoms with E-state index in [4.69, 9.17) is 16.9 Å². The first-order chi connectivity index (χ1) is 15.1. The topological polar surface area (TPSA) is 93.5 Å². The molecule has 1 fully saturated rings. The summed E-state index contributed by atoms with van der Waals surface area (Å²) in [6, 6.07) is 8.86. The van der Waals surface area contributed by atoms with Gasteiger partial charge in [0.1, 0.15) is 12.1 Å². The Kier molecular flexibility index (Phi) is 6.46. The highest BCUT2D eigenvalue weighted by atomic mass is 35.5. The van der Waals surface area contributed by atoms with Gasteiger partial charge in [-0.2, -0.15) is 5.26 Å². The minimum atomic E-state index is -1.67. The number of nitrogens with one attached hydrogen (secondary N) is 1. The average Bonchev–Trinajstić information content (AvgIpc) is 2.96. The van der Waals surface area contributed by atoms with Crippen LogP contribution in [-0.4, -0.2) is 35.8 Å². The summed E-state index contributed by atoms with van der Waals surface area (Å²) in [6.07, 6.45) is 0.0279. The molecule has 32 heavy (non-hydrogen) atoms. The molecule has 2 aromatic carbocycles. The maximum Gasteiger partial charge on any atom is 0.325 e. The van der Waals surface area contributed by atoms with Gasteiger partial charge >= 0.3 is 6.03 Å². The third-order valence-electron chi connectivity index (χ3n) is 5.27. The number of carbonyl (C=O) groups excluding carboxylic acids is 3. The van der Waals surface area contributed by atoms with E-state index in [1.807, 2.05) is 6.07 Å². The van der Waals surface area contributed by atoms with Crippen LogP contribution in [0.3, 0.4) is 0 Å². The van der Waals surface area contributed by atoms with Crippen molar-refractivity contribution in [3.8, 4) is 6.07 Å². The molecule has 1 aliphatic heterocycles. The number of urea groups is 1. The van der Waals surface area contributed by atoms with Gasteiger partial charge in [0.2, 0.25) is 5.91 Å². The van der Waals surface area contributed by atoms with Crippen LogP contribution in [0.15, 0.2) is 36.4 Å². The average molecular weight is 461 g/mol. The smallest absolute Gasteiger partial charge is 0.319 e. The largest absolute Gasteiger partial charge is 0.325 e. The molecule has 0 radical (unpaired) electrons. The molecule has 0 aromatic heterocycles. The van der Waals surface area contributed by atoms with E-state index in [1.165, 1.54) is 17.9 Å². The summed E-state index contributed by atoms with van der Waals surface area (Å²) in [6.45, 7) is 2.54. The zero-order valence-corrected chi connectivity index (χ0v) is 18.0. The van der Waals surface area contributed by atoms with Crippen LogP contribution in [0.25, 0.3) is 0 Å². The van der Waals surface area contributed by atoms with Crippen LogP contribution < -0.4 is 10.2 Å². The number of rotatable bonds is 6. The molecule has 2 aromatic rings. The molecular weight excluding hydrogens is 442 g/mol. The number of benzene rings is 2. The zero-order chi connectivity index (χ0) is 23.6. The molecule has 7 nitrogen and oxygen atoms in total. The fraction of sp³-hybridized carbons (Fsp3) is 0.273. The second kappa shape index (κ2) is 8.93. The summed E-state index contributed by atoms with van der Waals surface area (Å²) in [5, 5.41) is 11.9. The van der Waals surface area contributed by atoms with Gasteiger partial charge in [-0.25, -0.2) is 13.6 Å². The molecule has 0 aliphatic carbocycles. The Morgan fingerprint density at radius 1 is 1.22 bits per heavy atom. The molecule has 10 heteroatoms. The molecular formula is C22H19ClF2N4O3. The normalized spacial score (nSPS) is 17.8. The van der Waals surface area contributed by atoms with Crippen molar-refractivity contribution < 1.29 is 23.2 Å². The van der Waals surface area contributed by atoms with Crippen molar-refractivity contribution in [2.75, 3.05) is 18.0 Å². The van der Waals surface area contributed by atoms with E-state index in [2.05, 4.69) is 5.32 Å². The van der Waals surface area contributed by atoms with E-state index in [-0.39, 0.29) is 18.5 Å². The van der Waals surface area contributed by atoms with Crippen molar-refractivity contribution in [2.24, 2.45) is 0 Å². The minimum Gasteiger partial charge on any atom is -0.319 e. The lowest BCUT2D eigenvalue weighted by molar-refractivity contribution is -0.134. The molecule has 1 heterocycles. The lowest BCUT2D eigenvalue weighted by Gasteiger charge is -2.25.